The van der Waals surface area contributed by atoms with Crippen LogP contribution in [-0.4, -0.2) is 139 Å². The number of carboxylic acid groups (broad SMARTS) is 1. The number of hydrogen-bond acceptors (Lipinski definition) is 12. The van der Waals surface area contributed by atoms with Gasteiger partial charge in [0, 0.05) is 13.1 Å². The van der Waals surface area contributed by atoms with E-state index in [0.717, 1.165) is 6.42 Å². The third-order valence-corrected chi connectivity index (χ3v) is 8.34. The number of hydrogen-bond donors (Lipinski definition) is 12. The predicted octanol–water partition coefficient (Wildman–Crippen LogP) is -5.48. The maximum atomic E-state index is 13.2. The zero-order valence-corrected chi connectivity index (χ0v) is 30.9. The first-order valence-corrected chi connectivity index (χ1v) is 18.1. The van der Waals surface area contributed by atoms with Gasteiger partial charge in [-0.05, 0) is 77.8 Å². The van der Waals surface area contributed by atoms with E-state index in [0.29, 0.717) is 58.2 Å². The Labute approximate surface area is 314 Å². The number of nitrogens with zero attached hydrogens (tertiary/aromatic N) is 2. The Balaban J connectivity index is 2.77. The van der Waals surface area contributed by atoms with Crippen molar-refractivity contribution in [2.24, 2.45) is 33.7 Å². The van der Waals surface area contributed by atoms with E-state index in [1.165, 1.54) is 11.8 Å². The molecule has 5 atom stereocenters. The van der Waals surface area contributed by atoms with Crippen molar-refractivity contribution in [1.82, 2.24) is 36.8 Å². The summed E-state index contributed by atoms with van der Waals surface area (Å²) in [5.41, 5.74) is 27.8. The zero-order chi connectivity index (χ0) is 40.6. The highest BCUT2D eigenvalue weighted by atomic mass is 16.4. The fraction of sp³-hybridized carbons (Fsp3) is 0.719. The molecule has 1 fully saturated rings. The van der Waals surface area contributed by atoms with Crippen LogP contribution < -0.4 is 60.6 Å². The standard InChI is InChI=1S/C32H59N13O9/c1-19(27(50)44-21(9-3-5-13-34)28(51)41-18-26(48)49)42-29(52)22(10-6-14-38-32(36)37)43-25(47)17-39-24(46)16-40-30(53)23-11-7-15-45(23)31(54)20(35)8-2-4-12-33/h19-23H,2-18,33-35H2,1H3,(H,39,46)(H,40,53)(H,41,51)(H,42,52)(H,43,47)(H,44,50)(H,48,49)(H4,36,37,38)/t19-,20-,21-,22-,23-/m0/s1. The molecule has 0 bridgehead atoms. The SMILES string of the molecule is C[C@H](NC(=O)[C@H](CCCN=C(N)N)NC(=O)CNC(=O)CNC(=O)[C@@H]1CCCN1C(=O)[C@@H](N)CCCCN)C(=O)N[C@@H](CCCCN)C(=O)NCC(=O)O. The highest BCUT2D eigenvalue weighted by molar-refractivity contribution is 5.96. The van der Waals surface area contributed by atoms with Crippen LogP contribution in [-0.2, 0) is 38.4 Å². The summed E-state index contributed by atoms with van der Waals surface area (Å²) < 4.78 is 0. The number of amides is 7. The van der Waals surface area contributed by atoms with Crippen LogP contribution in [0.3, 0.4) is 0 Å². The van der Waals surface area contributed by atoms with Gasteiger partial charge in [0.15, 0.2) is 5.96 Å². The van der Waals surface area contributed by atoms with Gasteiger partial charge in [0.25, 0.3) is 0 Å². The monoisotopic (exact) mass is 769 g/mol. The Kier molecular flexibility index (Phi) is 22.4. The number of carbonyl (C=O) groups excluding carboxylic acids is 7. The molecule has 1 aliphatic rings. The van der Waals surface area contributed by atoms with Crippen LogP contribution in [0.5, 0.6) is 0 Å². The average molecular weight is 770 g/mol. The van der Waals surface area contributed by atoms with Crippen molar-refractivity contribution in [2.45, 2.75) is 101 Å². The van der Waals surface area contributed by atoms with Gasteiger partial charge >= 0.3 is 5.97 Å². The lowest BCUT2D eigenvalue weighted by Crippen LogP contribution is -2.56. The molecule has 0 saturated carbocycles. The van der Waals surface area contributed by atoms with E-state index >= 15 is 0 Å². The highest BCUT2D eigenvalue weighted by Gasteiger charge is 2.36. The molecule has 0 aliphatic carbocycles. The summed E-state index contributed by atoms with van der Waals surface area (Å²) in [5, 5.41) is 23.4. The number of aliphatic carboxylic acids is 1. The minimum atomic E-state index is -1.27. The van der Waals surface area contributed by atoms with Crippen LogP contribution >= 0.6 is 0 Å². The first kappa shape index (κ1) is 46.9. The van der Waals surface area contributed by atoms with Crippen molar-refractivity contribution < 1.29 is 43.5 Å². The molecule has 0 spiro atoms. The quantitative estimate of drug-likeness (QED) is 0.0222. The van der Waals surface area contributed by atoms with Crippen LogP contribution in [0.2, 0.25) is 0 Å². The number of nitrogens with one attached hydrogen (secondary N) is 6. The molecule has 54 heavy (non-hydrogen) atoms. The lowest BCUT2D eigenvalue weighted by atomic mass is 10.1. The summed E-state index contributed by atoms with van der Waals surface area (Å²) in [4.78, 5) is 106. The molecule has 0 radical (unpaired) electrons. The number of rotatable bonds is 26. The number of carboxylic acids is 1. The molecular formula is C32H59N13O9. The normalized spacial score (nSPS) is 15.8. The summed E-state index contributed by atoms with van der Waals surface area (Å²) in [6, 6.07) is -5.04. The topological polar surface area (TPSA) is 375 Å². The lowest BCUT2D eigenvalue weighted by molar-refractivity contribution is -0.139. The molecule has 1 saturated heterocycles. The molecule has 0 unspecified atom stereocenters. The van der Waals surface area contributed by atoms with Gasteiger partial charge in [-0.2, -0.15) is 0 Å². The number of carbonyl (C=O) groups is 8. The smallest absolute Gasteiger partial charge is 0.322 e. The molecule has 306 valence electrons. The van der Waals surface area contributed by atoms with Crippen molar-refractivity contribution in [3.63, 3.8) is 0 Å². The van der Waals surface area contributed by atoms with E-state index in [4.69, 9.17) is 33.8 Å². The second-order valence-electron chi connectivity index (χ2n) is 12.8. The van der Waals surface area contributed by atoms with E-state index in [2.05, 4.69) is 36.9 Å². The number of likely N-dealkylation sites (tertiary alicyclic amines) is 1. The van der Waals surface area contributed by atoms with Gasteiger partial charge in [-0.15, -0.1) is 0 Å². The van der Waals surface area contributed by atoms with E-state index in [1.54, 1.807) is 0 Å². The van der Waals surface area contributed by atoms with Crippen molar-refractivity contribution in [1.29, 1.82) is 0 Å². The summed E-state index contributed by atoms with van der Waals surface area (Å²) in [6.07, 6.45) is 4.28. The predicted molar refractivity (Wildman–Crippen MR) is 197 cm³/mol. The summed E-state index contributed by atoms with van der Waals surface area (Å²) >= 11 is 0. The Morgan fingerprint density at radius 3 is 1.98 bits per heavy atom. The minimum absolute atomic E-state index is 0.0271. The van der Waals surface area contributed by atoms with Crippen LogP contribution in [0.4, 0.5) is 0 Å². The van der Waals surface area contributed by atoms with Crippen molar-refractivity contribution >= 4 is 53.3 Å². The van der Waals surface area contributed by atoms with Gasteiger partial charge in [-0.1, -0.05) is 6.42 Å². The van der Waals surface area contributed by atoms with Gasteiger partial charge in [-0.3, -0.25) is 43.3 Å². The van der Waals surface area contributed by atoms with Crippen molar-refractivity contribution in [3.05, 3.63) is 0 Å². The number of guanidine groups is 1. The summed E-state index contributed by atoms with van der Waals surface area (Å²) in [5.74, 6) is -6.04. The molecule has 1 aliphatic heterocycles. The Morgan fingerprint density at radius 1 is 0.741 bits per heavy atom. The first-order valence-electron chi connectivity index (χ1n) is 18.1. The largest absolute Gasteiger partial charge is 0.480 e. The fourth-order valence-electron chi connectivity index (χ4n) is 5.42. The minimum Gasteiger partial charge on any atom is -0.480 e. The van der Waals surface area contributed by atoms with Crippen molar-refractivity contribution in [3.8, 4) is 0 Å². The van der Waals surface area contributed by atoms with Gasteiger partial charge in [0.1, 0.15) is 30.7 Å². The van der Waals surface area contributed by atoms with E-state index in [1.807, 2.05) is 0 Å². The van der Waals surface area contributed by atoms with E-state index < -0.39 is 91.3 Å². The zero-order valence-electron chi connectivity index (χ0n) is 30.9. The number of nitrogens with two attached hydrogens (primary N) is 5. The first-order chi connectivity index (χ1) is 25.6. The number of unbranched alkanes of at least 4 members (excludes halogenated alkanes) is 2. The van der Waals surface area contributed by atoms with Gasteiger partial charge in [0.05, 0.1) is 19.1 Å². The second kappa shape index (κ2) is 25.8. The van der Waals surface area contributed by atoms with Gasteiger partial charge in [0.2, 0.25) is 41.4 Å². The molecule has 17 N–H and O–H groups in total. The molecule has 0 aromatic heterocycles. The highest BCUT2D eigenvalue weighted by Crippen LogP contribution is 2.19. The molecule has 7 amide bonds. The van der Waals surface area contributed by atoms with E-state index in [9.17, 15) is 38.4 Å². The summed E-state index contributed by atoms with van der Waals surface area (Å²) in [6.45, 7) is 0.955. The van der Waals surface area contributed by atoms with E-state index in [-0.39, 0.29) is 37.7 Å². The van der Waals surface area contributed by atoms with Gasteiger partial charge in [-0.25, -0.2) is 0 Å². The van der Waals surface area contributed by atoms with Crippen LogP contribution in [0.25, 0.3) is 0 Å². The maximum absolute atomic E-state index is 13.2. The molecule has 0 aromatic rings. The Hall–Kier alpha value is -5.09. The average Bonchev–Trinajstić information content (AvgIpc) is 3.62. The van der Waals surface area contributed by atoms with Crippen LogP contribution in [0, 0.1) is 0 Å². The summed E-state index contributed by atoms with van der Waals surface area (Å²) in [7, 11) is 0. The lowest BCUT2D eigenvalue weighted by Gasteiger charge is -2.26. The Bertz CT molecular complexity index is 1310. The van der Waals surface area contributed by atoms with Crippen LogP contribution in [0.15, 0.2) is 4.99 Å². The second-order valence-corrected chi connectivity index (χ2v) is 12.8. The molecule has 1 rings (SSSR count). The molecule has 22 nitrogen and oxygen atoms in total. The molecule has 1 heterocycles. The van der Waals surface area contributed by atoms with Gasteiger partial charge < -0.3 is 70.6 Å². The number of aliphatic imine (C=N–C) groups is 1. The third kappa shape index (κ3) is 18.6. The molecule has 22 heteroatoms. The van der Waals surface area contributed by atoms with Crippen molar-refractivity contribution in [2.75, 3.05) is 45.8 Å². The maximum Gasteiger partial charge on any atom is 0.322 e. The molecular weight excluding hydrogens is 710 g/mol. The Morgan fingerprint density at radius 2 is 1.35 bits per heavy atom. The third-order valence-electron chi connectivity index (χ3n) is 8.34. The van der Waals surface area contributed by atoms with Crippen LogP contribution in [0.1, 0.15) is 71.1 Å². The fourth-order valence-corrected chi connectivity index (χ4v) is 5.42. The molecule has 0 aromatic carbocycles.